The molecule has 102 valence electrons. The van der Waals surface area contributed by atoms with Gasteiger partial charge in [0.25, 0.3) is 5.60 Å². The molecule has 0 aromatic heterocycles. The van der Waals surface area contributed by atoms with Crippen molar-refractivity contribution in [2.75, 3.05) is 6.61 Å². The molecular weight excluding hydrogens is 265 g/mol. The largest absolute Gasteiger partial charge is 0.478 e. The van der Waals surface area contributed by atoms with Crippen LogP contribution < -0.4 is 4.74 Å². The van der Waals surface area contributed by atoms with Crippen LogP contribution in [0.25, 0.3) is 6.08 Å². The van der Waals surface area contributed by atoms with Gasteiger partial charge in [-0.05, 0) is 12.1 Å². The van der Waals surface area contributed by atoms with Crippen LogP contribution in [0.3, 0.4) is 0 Å². The van der Waals surface area contributed by atoms with Crippen LogP contribution in [0.2, 0.25) is 0 Å². The number of fused-ring (bicyclic) bond motifs is 1. The van der Waals surface area contributed by atoms with Gasteiger partial charge < -0.3 is 14.9 Å². The highest BCUT2D eigenvalue weighted by atomic mass is 19.4. The third kappa shape index (κ3) is 1.95. The quantitative estimate of drug-likeness (QED) is 0.863. The lowest BCUT2D eigenvalue weighted by molar-refractivity contribution is -0.245. The second-order valence-corrected chi connectivity index (χ2v) is 3.99. The van der Waals surface area contributed by atoms with Gasteiger partial charge in [0.15, 0.2) is 0 Å². The van der Waals surface area contributed by atoms with Gasteiger partial charge in [0.1, 0.15) is 5.75 Å². The molecule has 1 atom stereocenters. The minimum atomic E-state index is -5.06. The summed E-state index contributed by atoms with van der Waals surface area (Å²) >= 11 is 0. The van der Waals surface area contributed by atoms with E-state index in [0.717, 1.165) is 6.08 Å². The maximum absolute atomic E-state index is 13.1. The van der Waals surface area contributed by atoms with Gasteiger partial charge in [0, 0.05) is 5.56 Å². The van der Waals surface area contributed by atoms with Gasteiger partial charge in [-0.25, -0.2) is 4.79 Å². The number of ether oxygens (including phenoxy) is 1. The summed E-state index contributed by atoms with van der Waals surface area (Å²) in [4.78, 5) is 11.0. The second-order valence-electron chi connectivity index (χ2n) is 3.99. The SMILES string of the molecule is O=C(O)C1=Cc2ccccc2OC1(CO)C(F)(F)F. The number of carboxylic acids is 1. The lowest BCUT2D eigenvalue weighted by Gasteiger charge is -2.37. The Morgan fingerprint density at radius 3 is 2.47 bits per heavy atom. The van der Waals surface area contributed by atoms with E-state index in [4.69, 9.17) is 14.9 Å². The number of carboxylic acid groups (broad SMARTS) is 1. The number of para-hydroxylation sites is 1. The molecule has 0 saturated heterocycles. The maximum Gasteiger partial charge on any atom is 0.435 e. The Morgan fingerprint density at radius 2 is 1.95 bits per heavy atom. The molecule has 0 bridgehead atoms. The predicted molar refractivity (Wildman–Crippen MR) is 58.6 cm³/mol. The van der Waals surface area contributed by atoms with E-state index in [1.54, 1.807) is 0 Å². The van der Waals surface area contributed by atoms with E-state index in [9.17, 15) is 18.0 Å². The molecule has 2 rings (SSSR count). The van der Waals surface area contributed by atoms with Gasteiger partial charge in [-0.3, -0.25) is 0 Å². The number of alkyl halides is 3. The van der Waals surface area contributed by atoms with Gasteiger partial charge in [-0.1, -0.05) is 18.2 Å². The zero-order valence-electron chi connectivity index (χ0n) is 9.44. The van der Waals surface area contributed by atoms with Gasteiger partial charge in [0.05, 0.1) is 12.2 Å². The number of carbonyl (C=O) groups is 1. The molecule has 1 unspecified atom stereocenters. The number of hydrogen-bond acceptors (Lipinski definition) is 3. The van der Waals surface area contributed by atoms with E-state index < -0.39 is 29.9 Å². The molecule has 4 nitrogen and oxygen atoms in total. The first-order chi connectivity index (χ1) is 8.82. The number of hydrogen-bond donors (Lipinski definition) is 2. The molecule has 1 aliphatic heterocycles. The van der Waals surface area contributed by atoms with E-state index in [2.05, 4.69) is 0 Å². The summed E-state index contributed by atoms with van der Waals surface area (Å²) in [6.07, 6.45) is -4.19. The first kappa shape index (κ1) is 13.4. The third-order valence-corrected chi connectivity index (χ3v) is 2.85. The van der Waals surface area contributed by atoms with Crippen LogP contribution in [-0.4, -0.2) is 34.6 Å². The Balaban J connectivity index is 2.67. The molecule has 1 aliphatic rings. The molecule has 19 heavy (non-hydrogen) atoms. The fourth-order valence-electron chi connectivity index (χ4n) is 1.86. The van der Waals surface area contributed by atoms with Crippen molar-refractivity contribution in [1.29, 1.82) is 0 Å². The van der Waals surface area contributed by atoms with Crippen LogP contribution in [0, 0.1) is 0 Å². The molecular formula is C12H9F3O4. The maximum atomic E-state index is 13.1. The van der Waals surface area contributed by atoms with E-state index in [-0.39, 0.29) is 11.3 Å². The molecule has 0 aliphatic carbocycles. The van der Waals surface area contributed by atoms with Gasteiger partial charge in [-0.15, -0.1) is 0 Å². The van der Waals surface area contributed by atoms with Crippen molar-refractivity contribution in [3.05, 3.63) is 35.4 Å². The smallest absolute Gasteiger partial charge is 0.435 e. The lowest BCUT2D eigenvalue weighted by atomic mass is 9.88. The Kier molecular flexibility index (Phi) is 3.01. The average molecular weight is 274 g/mol. The van der Waals surface area contributed by atoms with Crippen LogP contribution in [0.15, 0.2) is 29.8 Å². The van der Waals surface area contributed by atoms with Crippen molar-refractivity contribution >= 4 is 12.0 Å². The number of aliphatic hydroxyl groups excluding tert-OH is 1. The molecule has 0 radical (unpaired) electrons. The van der Waals surface area contributed by atoms with Crippen LogP contribution in [0.4, 0.5) is 13.2 Å². The molecule has 7 heteroatoms. The van der Waals surface area contributed by atoms with Crippen LogP contribution in [0.1, 0.15) is 5.56 Å². The summed E-state index contributed by atoms with van der Waals surface area (Å²) in [5, 5.41) is 18.0. The summed E-state index contributed by atoms with van der Waals surface area (Å²) < 4.78 is 44.1. The molecule has 0 amide bonds. The van der Waals surface area contributed by atoms with Crippen LogP contribution in [0.5, 0.6) is 5.75 Å². The number of aliphatic carboxylic acids is 1. The van der Waals surface area contributed by atoms with Gasteiger partial charge in [0.2, 0.25) is 0 Å². The zero-order valence-corrected chi connectivity index (χ0v) is 9.44. The fraction of sp³-hybridized carbons (Fsp3) is 0.250. The number of halogens is 3. The topological polar surface area (TPSA) is 66.8 Å². The van der Waals surface area contributed by atoms with Crippen molar-refractivity contribution in [3.63, 3.8) is 0 Å². The van der Waals surface area contributed by atoms with Crippen molar-refractivity contribution in [3.8, 4) is 5.75 Å². The van der Waals surface area contributed by atoms with E-state index in [1.807, 2.05) is 0 Å². The zero-order chi connectivity index (χ0) is 14.3. The van der Waals surface area contributed by atoms with E-state index >= 15 is 0 Å². The first-order valence-electron chi connectivity index (χ1n) is 5.23. The monoisotopic (exact) mass is 274 g/mol. The van der Waals surface area contributed by atoms with Gasteiger partial charge >= 0.3 is 12.1 Å². The molecule has 0 spiro atoms. The number of aliphatic hydroxyl groups is 1. The lowest BCUT2D eigenvalue weighted by Crippen LogP contribution is -2.57. The molecule has 2 N–H and O–H groups in total. The minimum absolute atomic E-state index is 0.126. The Bertz CT molecular complexity index is 550. The Morgan fingerprint density at radius 1 is 1.32 bits per heavy atom. The molecule has 0 fully saturated rings. The van der Waals surface area contributed by atoms with Crippen molar-refractivity contribution in [1.82, 2.24) is 0 Å². The van der Waals surface area contributed by atoms with Gasteiger partial charge in [-0.2, -0.15) is 13.2 Å². The minimum Gasteiger partial charge on any atom is -0.478 e. The summed E-state index contributed by atoms with van der Waals surface area (Å²) in [5.74, 6) is -1.92. The predicted octanol–water partition coefficient (Wildman–Crippen LogP) is 1.84. The third-order valence-electron chi connectivity index (χ3n) is 2.85. The summed E-state index contributed by atoms with van der Waals surface area (Å²) in [5.41, 5.74) is -4.07. The highest BCUT2D eigenvalue weighted by molar-refractivity contribution is 5.96. The first-order valence-corrected chi connectivity index (χ1v) is 5.23. The van der Waals surface area contributed by atoms with Crippen molar-refractivity contribution in [2.45, 2.75) is 11.8 Å². The van der Waals surface area contributed by atoms with Crippen LogP contribution >= 0.6 is 0 Å². The Hall–Kier alpha value is -2.02. The van der Waals surface area contributed by atoms with Crippen molar-refractivity contribution < 1.29 is 32.9 Å². The van der Waals surface area contributed by atoms with Crippen LogP contribution in [-0.2, 0) is 4.79 Å². The molecule has 0 saturated carbocycles. The normalized spacial score (nSPS) is 22.2. The summed E-state index contributed by atoms with van der Waals surface area (Å²) in [6.45, 7) is -1.51. The highest BCUT2D eigenvalue weighted by Gasteiger charge is 2.63. The highest BCUT2D eigenvalue weighted by Crippen LogP contribution is 2.44. The second kappa shape index (κ2) is 4.27. The fourth-order valence-corrected chi connectivity index (χ4v) is 1.86. The van der Waals surface area contributed by atoms with E-state index in [0.29, 0.717) is 0 Å². The van der Waals surface area contributed by atoms with E-state index in [1.165, 1.54) is 24.3 Å². The number of rotatable bonds is 2. The number of benzene rings is 1. The molecule has 1 aromatic rings. The summed E-state index contributed by atoms with van der Waals surface area (Å²) in [6, 6.07) is 5.70. The summed E-state index contributed by atoms with van der Waals surface area (Å²) in [7, 11) is 0. The standard InChI is InChI=1S/C12H9F3O4/c13-12(14,15)11(6-16)8(10(17)18)5-7-3-1-2-4-9(7)19-11/h1-5,16H,6H2,(H,17,18). The average Bonchev–Trinajstić information content (AvgIpc) is 2.35. The molecule has 1 aromatic carbocycles. The Labute approximate surface area is 105 Å². The van der Waals surface area contributed by atoms with Crippen molar-refractivity contribution in [2.24, 2.45) is 0 Å². The molecule has 1 heterocycles.